The van der Waals surface area contributed by atoms with Crippen molar-refractivity contribution in [1.82, 2.24) is 0 Å². The first kappa shape index (κ1) is 30.5. The molecule has 0 unspecified atom stereocenters. The van der Waals surface area contributed by atoms with Crippen LogP contribution in [-0.2, 0) is 0 Å². The van der Waals surface area contributed by atoms with Crippen LogP contribution in [-0.4, -0.2) is 0 Å². The van der Waals surface area contributed by atoms with Crippen LogP contribution in [0.2, 0.25) is 0 Å². The maximum absolute atomic E-state index is 5.23. The third-order valence-electron chi connectivity index (χ3n) is 6.03. The molecule has 0 saturated carbocycles. The predicted octanol–water partition coefficient (Wildman–Crippen LogP) is 4.86. The number of hydrogen-bond donors (Lipinski definition) is 0. The Morgan fingerprint density at radius 3 is 0.912 bits per heavy atom. The van der Waals surface area contributed by atoms with Crippen LogP contribution in [0.25, 0.3) is 10.6 Å². The van der Waals surface area contributed by atoms with Crippen LogP contribution in [0.15, 0.2) is 60.7 Å². The molecule has 170 valence electrons. The van der Waals surface area contributed by atoms with Gasteiger partial charge in [-0.2, -0.15) is 11.4 Å². The molecule has 0 aliphatic carbocycles. The van der Waals surface area contributed by atoms with Gasteiger partial charge in [0, 0.05) is 0 Å². The van der Waals surface area contributed by atoms with Crippen LogP contribution in [0, 0.1) is 0 Å². The van der Waals surface area contributed by atoms with Gasteiger partial charge in [-0.1, -0.05) is 138 Å². The van der Waals surface area contributed by atoms with E-state index in [9.17, 15) is 0 Å². The zero-order valence-corrected chi connectivity index (χ0v) is 23.0. The van der Waals surface area contributed by atoms with Crippen molar-refractivity contribution >= 4 is 22.7 Å². The SMILES string of the molecule is CC(C)c1cccc(C(C)C)c1[N-]c1ccccc1[N-]c1c(C(C)C)cccc1C(C)C.[Li+].[Li+]. The van der Waals surface area contributed by atoms with Crippen LogP contribution in [0.4, 0.5) is 22.7 Å². The topological polar surface area (TPSA) is 28.2 Å². The fourth-order valence-corrected chi connectivity index (χ4v) is 4.18. The molecule has 3 aromatic carbocycles. The van der Waals surface area contributed by atoms with Gasteiger partial charge in [0.1, 0.15) is 0 Å². The first-order valence-corrected chi connectivity index (χ1v) is 12.0. The quantitative estimate of drug-likeness (QED) is 0.448. The van der Waals surface area contributed by atoms with Gasteiger partial charge in [-0.25, -0.2) is 0 Å². The van der Waals surface area contributed by atoms with Crippen LogP contribution in [0.3, 0.4) is 0 Å². The number of hydrogen-bond acceptors (Lipinski definition) is 0. The molecule has 0 radical (unpaired) electrons. The van der Waals surface area contributed by atoms with Crippen LogP contribution in [0.1, 0.15) is 101 Å². The molecule has 0 aliphatic rings. The number of benzene rings is 3. The summed E-state index contributed by atoms with van der Waals surface area (Å²) in [4.78, 5) is 0. The third kappa shape index (κ3) is 7.00. The van der Waals surface area contributed by atoms with Gasteiger partial charge in [-0.3, -0.25) is 0 Å². The van der Waals surface area contributed by atoms with E-state index < -0.39 is 0 Å². The minimum absolute atomic E-state index is 0. The summed E-state index contributed by atoms with van der Waals surface area (Å²) >= 11 is 0. The molecule has 4 heteroatoms. The fraction of sp³-hybridized carbons (Fsp3) is 0.400. The standard InChI is InChI=1S/C30H38N2.2Li/c1-19(2)23-13-11-14-24(20(3)4)29(23)31-27-17-9-10-18-28(27)32-30-25(21(5)6)15-12-16-26(30)22(7)8;;/h9-22H,1-8H3;;/q-2;2*+1. The van der Waals surface area contributed by atoms with Crippen molar-refractivity contribution in [3.63, 3.8) is 0 Å². The molecule has 0 heterocycles. The molecular formula is C30H38Li2N2. The van der Waals surface area contributed by atoms with Crippen LogP contribution < -0.4 is 37.7 Å². The molecule has 3 aromatic rings. The van der Waals surface area contributed by atoms with E-state index in [-0.39, 0.29) is 37.7 Å². The van der Waals surface area contributed by atoms with E-state index in [0.717, 1.165) is 22.7 Å². The van der Waals surface area contributed by atoms with E-state index in [1.807, 2.05) is 0 Å². The number of para-hydroxylation sites is 4. The van der Waals surface area contributed by atoms with E-state index in [1.54, 1.807) is 0 Å². The van der Waals surface area contributed by atoms with Gasteiger partial charge in [-0.05, 0) is 23.7 Å². The monoisotopic (exact) mass is 440 g/mol. The first-order valence-electron chi connectivity index (χ1n) is 12.0. The average Bonchev–Trinajstić information content (AvgIpc) is 2.74. The summed E-state index contributed by atoms with van der Waals surface area (Å²) in [5.41, 5.74) is 9.20. The third-order valence-corrected chi connectivity index (χ3v) is 6.03. The molecular weight excluding hydrogens is 402 g/mol. The Bertz CT molecular complexity index is 918. The Kier molecular flexibility index (Phi) is 12.1. The van der Waals surface area contributed by atoms with E-state index in [1.165, 1.54) is 22.3 Å². The number of nitrogens with zero attached hydrogens (tertiary/aromatic N) is 2. The molecule has 0 N–H and O–H groups in total. The van der Waals surface area contributed by atoms with Crippen molar-refractivity contribution in [3.8, 4) is 0 Å². The minimum atomic E-state index is 0. The Balaban J connectivity index is 0.00000289. The summed E-state index contributed by atoms with van der Waals surface area (Å²) in [6.45, 7) is 17.9. The maximum atomic E-state index is 5.23. The van der Waals surface area contributed by atoms with Gasteiger partial charge in [-0.15, -0.1) is 11.4 Å². The molecule has 3 rings (SSSR count). The van der Waals surface area contributed by atoms with Crippen molar-refractivity contribution in [2.75, 3.05) is 0 Å². The summed E-state index contributed by atoms with van der Waals surface area (Å²) in [6.07, 6.45) is 0. The van der Waals surface area contributed by atoms with Crippen molar-refractivity contribution in [2.45, 2.75) is 79.1 Å². The molecule has 34 heavy (non-hydrogen) atoms. The smallest absolute Gasteiger partial charge is 0.658 e. The Morgan fingerprint density at radius 1 is 0.412 bits per heavy atom. The van der Waals surface area contributed by atoms with Gasteiger partial charge in [0.15, 0.2) is 0 Å². The van der Waals surface area contributed by atoms with Gasteiger partial charge < -0.3 is 10.6 Å². The molecule has 0 amide bonds. The van der Waals surface area contributed by atoms with Gasteiger partial charge in [0.25, 0.3) is 0 Å². The Hall–Kier alpha value is -1.55. The molecule has 0 bridgehead atoms. The molecule has 0 spiro atoms. The summed E-state index contributed by atoms with van der Waals surface area (Å²) in [6, 6.07) is 21.5. The second-order valence-electron chi connectivity index (χ2n) is 9.90. The zero-order chi connectivity index (χ0) is 23.4. The number of rotatable bonds is 8. The van der Waals surface area contributed by atoms with Gasteiger partial charge in [0.05, 0.1) is 0 Å². The first-order chi connectivity index (χ1) is 15.2. The van der Waals surface area contributed by atoms with Crippen LogP contribution >= 0.6 is 0 Å². The van der Waals surface area contributed by atoms with Crippen molar-refractivity contribution < 1.29 is 37.7 Å². The normalized spacial score (nSPS) is 10.9. The minimum Gasteiger partial charge on any atom is -0.658 e. The van der Waals surface area contributed by atoms with Gasteiger partial charge in [0.2, 0.25) is 0 Å². The summed E-state index contributed by atoms with van der Waals surface area (Å²) in [5.74, 6) is 1.63. The van der Waals surface area contributed by atoms with Crippen molar-refractivity contribution in [2.24, 2.45) is 0 Å². The maximum Gasteiger partial charge on any atom is 1.00 e. The largest absolute Gasteiger partial charge is 1.00 e. The molecule has 0 aromatic heterocycles. The van der Waals surface area contributed by atoms with E-state index in [4.69, 9.17) is 10.6 Å². The van der Waals surface area contributed by atoms with Crippen LogP contribution in [0.5, 0.6) is 0 Å². The summed E-state index contributed by atoms with van der Waals surface area (Å²) < 4.78 is 0. The molecule has 0 fully saturated rings. The molecule has 2 nitrogen and oxygen atoms in total. The summed E-state index contributed by atoms with van der Waals surface area (Å²) in [7, 11) is 0. The molecule has 0 atom stereocenters. The van der Waals surface area contributed by atoms with E-state index in [0.29, 0.717) is 23.7 Å². The molecule has 0 saturated heterocycles. The Labute approximate surface area is 232 Å². The van der Waals surface area contributed by atoms with Gasteiger partial charge >= 0.3 is 37.7 Å². The van der Waals surface area contributed by atoms with E-state index >= 15 is 0 Å². The zero-order valence-electron chi connectivity index (χ0n) is 23.0. The predicted molar refractivity (Wildman–Crippen MR) is 141 cm³/mol. The van der Waals surface area contributed by atoms with Crippen molar-refractivity contribution in [3.05, 3.63) is 93.6 Å². The fourth-order valence-electron chi connectivity index (χ4n) is 4.18. The van der Waals surface area contributed by atoms with E-state index in [2.05, 4.69) is 116 Å². The van der Waals surface area contributed by atoms with Crippen molar-refractivity contribution in [1.29, 1.82) is 0 Å². The summed E-state index contributed by atoms with van der Waals surface area (Å²) in [5, 5.41) is 10.5. The second-order valence-corrected chi connectivity index (χ2v) is 9.90. The molecule has 0 aliphatic heterocycles. The average molecular weight is 441 g/mol. The second kappa shape index (κ2) is 13.5. The Morgan fingerprint density at radius 2 is 0.676 bits per heavy atom.